The molecule has 0 aromatic heterocycles. The van der Waals surface area contributed by atoms with Crippen LogP contribution in [0.1, 0.15) is 18.4 Å². The zero-order valence-corrected chi connectivity index (χ0v) is 14.6. The van der Waals surface area contributed by atoms with E-state index in [1.54, 1.807) is 18.2 Å². The molecule has 5 nitrogen and oxygen atoms in total. The van der Waals surface area contributed by atoms with Crippen molar-refractivity contribution in [2.75, 3.05) is 10.0 Å². The number of rotatable bonds is 3. The van der Waals surface area contributed by atoms with E-state index in [2.05, 4.69) is 10.0 Å². The maximum Gasteiger partial charge on any atom is 0.263 e. The number of carbonyl (C=O) groups excluding carboxylic acids is 1. The average molecular weight is 383 g/mol. The monoisotopic (exact) mass is 382 g/mol. The van der Waals surface area contributed by atoms with Gasteiger partial charge in [-0.3, -0.25) is 9.52 Å². The minimum absolute atomic E-state index is 0.0182. The summed E-state index contributed by atoms with van der Waals surface area (Å²) in [5.74, 6) is -0.0182. The fraction of sp³-hybridized carbons (Fsp3) is 0.188. The van der Waals surface area contributed by atoms with Gasteiger partial charge in [-0.25, -0.2) is 8.42 Å². The Morgan fingerprint density at radius 3 is 2.58 bits per heavy atom. The lowest BCUT2D eigenvalue weighted by atomic mass is 9.98. The summed E-state index contributed by atoms with van der Waals surface area (Å²) in [6.07, 6.45) is 1.66. The zero-order chi connectivity index (χ0) is 17.1. The Kier molecular flexibility index (Phi) is 3.36. The number of halogens is 2. The van der Waals surface area contributed by atoms with Gasteiger partial charge in [0.15, 0.2) is 0 Å². The van der Waals surface area contributed by atoms with E-state index < -0.39 is 15.4 Å². The molecular weight excluding hydrogens is 371 g/mol. The van der Waals surface area contributed by atoms with E-state index in [4.69, 9.17) is 23.2 Å². The molecule has 0 unspecified atom stereocenters. The predicted octanol–water partition coefficient (Wildman–Crippen LogP) is 3.78. The molecule has 2 aromatic rings. The molecule has 2 N–H and O–H groups in total. The van der Waals surface area contributed by atoms with Gasteiger partial charge >= 0.3 is 0 Å². The molecular formula is C16H12Cl2N2O3S. The first-order chi connectivity index (χ1) is 11.3. The van der Waals surface area contributed by atoms with Crippen LogP contribution in [0.3, 0.4) is 0 Å². The smallest absolute Gasteiger partial charge is 0.263 e. The van der Waals surface area contributed by atoms with Gasteiger partial charge < -0.3 is 5.32 Å². The number of carbonyl (C=O) groups is 1. The molecule has 1 saturated carbocycles. The van der Waals surface area contributed by atoms with Gasteiger partial charge in [-0.2, -0.15) is 0 Å². The van der Waals surface area contributed by atoms with E-state index in [1.807, 2.05) is 0 Å². The zero-order valence-electron chi connectivity index (χ0n) is 12.3. The second-order valence-electron chi connectivity index (χ2n) is 5.95. The van der Waals surface area contributed by atoms with Crippen LogP contribution in [0.2, 0.25) is 10.0 Å². The van der Waals surface area contributed by atoms with E-state index in [9.17, 15) is 13.2 Å². The lowest BCUT2D eigenvalue weighted by Gasteiger charge is -2.11. The second kappa shape index (κ2) is 5.12. The molecule has 0 saturated heterocycles. The lowest BCUT2D eigenvalue weighted by Crippen LogP contribution is -2.18. The Balaban J connectivity index is 1.68. The number of anilines is 2. The quantitative estimate of drug-likeness (QED) is 0.847. The molecule has 2 aliphatic rings. The van der Waals surface area contributed by atoms with Crippen molar-refractivity contribution in [2.45, 2.75) is 23.2 Å². The van der Waals surface area contributed by atoms with Crippen LogP contribution in [0.15, 0.2) is 41.3 Å². The van der Waals surface area contributed by atoms with Crippen molar-refractivity contribution in [3.8, 4) is 0 Å². The Morgan fingerprint density at radius 2 is 1.88 bits per heavy atom. The molecule has 8 heteroatoms. The summed E-state index contributed by atoms with van der Waals surface area (Å²) in [7, 11) is -3.89. The fourth-order valence-corrected chi connectivity index (χ4v) is 4.83. The van der Waals surface area contributed by atoms with Crippen LogP contribution in [-0.4, -0.2) is 14.3 Å². The average Bonchev–Trinajstić information content (AvgIpc) is 3.26. The molecule has 1 amide bonds. The molecule has 24 heavy (non-hydrogen) atoms. The number of sulfonamides is 1. The van der Waals surface area contributed by atoms with Crippen molar-refractivity contribution in [3.63, 3.8) is 0 Å². The van der Waals surface area contributed by atoms with Gasteiger partial charge in [0.2, 0.25) is 5.91 Å². The van der Waals surface area contributed by atoms with E-state index in [1.165, 1.54) is 18.2 Å². The van der Waals surface area contributed by atoms with Crippen LogP contribution >= 0.6 is 23.2 Å². The normalized spacial score (nSPS) is 17.5. The highest BCUT2D eigenvalue weighted by Gasteiger charge is 2.56. The summed E-state index contributed by atoms with van der Waals surface area (Å²) in [6.45, 7) is 0. The third kappa shape index (κ3) is 2.29. The molecule has 0 atom stereocenters. The molecule has 0 bridgehead atoms. The molecule has 124 valence electrons. The van der Waals surface area contributed by atoms with Crippen molar-refractivity contribution in [2.24, 2.45) is 0 Å². The van der Waals surface area contributed by atoms with Crippen molar-refractivity contribution >= 4 is 50.5 Å². The lowest BCUT2D eigenvalue weighted by molar-refractivity contribution is -0.117. The van der Waals surface area contributed by atoms with E-state index in [0.717, 1.165) is 18.4 Å². The predicted molar refractivity (Wildman–Crippen MR) is 93.3 cm³/mol. The number of benzene rings is 2. The highest BCUT2D eigenvalue weighted by molar-refractivity contribution is 7.92. The summed E-state index contributed by atoms with van der Waals surface area (Å²) in [6, 6.07) is 9.47. The Hall–Kier alpha value is -1.76. The number of fused-ring (bicyclic) bond motifs is 2. The van der Waals surface area contributed by atoms with Gasteiger partial charge in [-0.05, 0) is 42.7 Å². The van der Waals surface area contributed by atoms with E-state index >= 15 is 0 Å². The number of hydrogen-bond donors (Lipinski definition) is 2. The summed E-state index contributed by atoms with van der Waals surface area (Å²) >= 11 is 11.9. The maximum absolute atomic E-state index is 12.5. The molecule has 4 rings (SSSR count). The molecule has 1 heterocycles. The van der Waals surface area contributed by atoms with Crippen LogP contribution in [-0.2, 0) is 20.2 Å². The largest absolute Gasteiger partial charge is 0.325 e. The number of hydrogen-bond acceptors (Lipinski definition) is 3. The van der Waals surface area contributed by atoms with Crippen LogP contribution in [0.25, 0.3) is 0 Å². The van der Waals surface area contributed by atoms with Gasteiger partial charge in [0, 0.05) is 5.69 Å². The minimum atomic E-state index is -3.89. The second-order valence-corrected chi connectivity index (χ2v) is 8.39. The number of amides is 1. The first-order valence-electron chi connectivity index (χ1n) is 7.26. The fourth-order valence-electron chi connectivity index (χ4n) is 3.02. The standard InChI is InChI=1S/C16H12Cl2N2O3S/c17-11-2-1-3-13(14(11)18)24(22,23)20-9-4-5-10-12(8-9)19-15(21)16(10)6-7-16/h1-5,8,20H,6-7H2,(H,19,21). The maximum atomic E-state index is 12.5. The van der Waals surface area contributed by atoms with Crippen LogP contribution in [0.4, 0.5) is 11.4 Å². The third-order valence-corrected chi connectivity index (χ3v) is 6.78. The summed E-state index contributed by atoms with van der Waals surface area (Å²) in [4.78, 5) is 11.9. The van der Waals surface area contributed by atoms with Gasteiger partial charge in [-0.15, -0.1) is 0 Å². The molecule has 2 aromatic carbocycles. The van der Waals surface area contributed by atoms with Crippen molar-refractivity contribution in [1.29, 1.82) is 0 Å². The van der Waals surface area contributed by atoms with Crippen molar-refractivity contribution < 1.29 is 13.2 Å². The van der Waals surface area contributed by atoms with Crippen LogP contribution in [0, 0.1) is 0 Å². The highest BCUT2D eigenvalue weighted by atomic mass is 35.5. The van der Waals surface area contributed by atoms with Gasteiger partial charge in [0.05, 0.1) is 21.1 Å². The molecule has 1 aliphatic carbocycles. The minimum Gasteiger partial charge on any atom is -0.325 e. The van der Waals surface area contributed by atoms with Gasteiger partial charge in [0.1, 0.15) is 4.90 Å². The summed E-state index contributed by atoms with van der Waals surface area (Å²) in [5.41, 5.74) is 1.53. The Morgan fingerprint density at radius 1 is 1.12 bits per heavy atom. The molecule has 0 radical (unpaired) electrons. The molecule has 1 spiro atoms. The van der Waals surface area contributed by atoms with E-state index in [0.29, 0.717) is 11.4 Å². The third-order valence-electron chi connectivity index (χ3n) is 4.43. The Bertz CT molecular complexity index is 985. The first kappa shape index (κ1) is 15.7. The number of nitrogens with one attached hydrogen (secondary N) is 2. The van der Waals surface area contributed by atoms with Crippen molar-refractivity contribution in [3.05, 3.63) is 52.0 Å². The topological polar surface area (TPSA) is 75.3 Å². The van der Waals surface area contributed by atoms with Gasteiger partial charge in [0.25, 0.3) is 10.0 Å². The van der Waals surface area contributed by atoms with Crippen LogP contribution in [0.5, 0.6) is 0 Å². The summed E-state index contributed by atoms with van der Waals surface area (Å²) < 4.78 is 27.5. The first-order valence-corrected chi connectivity index (χ1v) is 9.50. The van der Waals surface area contributed by atoms with E-state index in [-0.39, 0.29) is 20.8 Å². The van der Waals surface area contributed by atoms with Crippen molar-refractivity contribution in [1.82, 2.24) is 0 Å². The van der Waals surface area contributed by atoms with Gasteiger partial charge in [-0.1, -0.05) is 35.3 Å². The highest BCUT2D eigenvalue weighted by Crippen LogP contribution is 2.55. The van der Waals surface area contributed by atoms with Crippen LogP contribution < -0.4 is 10.0 Å². The molecule has 1 fully saturated rings. The molecule has 1 aliphatic heterocycles. The SMILES string of the molecule is O=C1Nc2cc(NS(=O)(=O)c3cccc(Cl)c3Cl)ccc2C12CC2. The summed E-state index contributed by atoms with van der Waals surface area (Å²) in [5, 5.41) is 2.95. The Labute approximate surface area is 149 Å².